The van der Waals surface area contributed by atoms with E-state index in [-0.39, 0.29) is 198 Å². The molecule has 4 amide bonds. The average molecular weight is 1740 g/mol. The summed E-state index contributed by atoms with van der Waals surface area (Å²) in [6.07, 6.45) is 15.9. The summed E-state index contributed by atoms with van der Waals surface area (Å²) in [5.74, 6) is 0.434. The Labute approximate surface area is 762 Å². The Morgan fingerprint density at radius 2 is 0.813 bits per heavy atom. The molecule has 0 aliphatic carbocycles. The molecule has 20 atom stereocenters. The third-order valence-corrected chi connectivity index (χ3v) is 37.8. The molecule has 4 aromatic carbocycles. The van der Waals surface area contributed by atoms with Gasteiger partial charge in [-0.15, -0.1) is 0 Å². The summed E-state index contributed by atoms with van der Waals surface area (Å²) < 4.78 is 60.9. The second kappa shape index (κ2) is 44.8. The summed E-state index contributed by atoms with van der Waals surface area (Å²) in [6.45, 7) is 55.9. The van der Waals surface area contributed by atoms with Gasteiger partial charge in [-0.05, 0) is 253 Å². The number of rotatable bonds is 35. The Balaban J connectivity index is 0.000000273. The van der Waals surface area contributed by atoms with E-state index in [1.165, 1.54) is 20.9 Å². The number of amides is 4. The quantitative estimate of drug-likeness (QED) is 0.0149. The summed E-state index contributed by atoms with van der Waals surface area (Å²) in [7, 11) is -3.88. The van der Waals surface area contributed by atoms with E-state index in [4.69, 9.17) is 47.1 Å². The maximum absolute atomic E-state index is 13.7. The van der Waals surface area contributed by atoms with Crippen molar-refractivity contribution in [3.8, 4) is 0 Å². The number of aliphatic hydroxyl groups excluding tert-OH is 1. The third kappa shape index (κ3) is 26.2. The number of benzene rings is 4. The number of nitrogens with zero attached hydrogens (tertiary/aromatic N) is 2. The van der Waals surface area contributed by atoms with Crippen molar-refractivity contribution in [3.63, 3.8) is 0 Å². The zero-order valence-electron chi connectivity index (χ0n) is 78.2. The molecule has 21 heteroatoms. The number of aliphatic hydroxyl groups is 1. The van der Waals surface area contributed by atoms with Gasteiger partial charge in [-0.2, -0.15) is 7.11 Å². The van der Waals surface area contributed by atoms with Gasteiger partial charge in [0, 0.05) is 32.3 Å². The van der Waals surface area contributed by atoms with Crippen LogP contribution in [0.4, 0.5) is 0 Å². The van der Waals surface area contributed by atoms with Crippen LogP contribution < -0.4 is 34.7 Å². The van der Waals surface area contributed by atoms with Crippen LogP contribution in [0.3, 0.4) is 0 Å². The monoisotopic (exact) mass is 1740 g/mol. The van der Waals surface area contributed by atoms with E-state index >= 15 is 0 Å². The molecule has 0 spiro atoms. The van der Waals surface area contributed by atoms with Crippen molar-refractivity contribution in [1.82, 2.24) is 9.80 Å². The van der Waals surface area contributed by atoms with Crippen LogP contribution in [-0.2, 0) is 59.6 Å². The number of carbonyl (C=O) groups is 5. The number of carbonyl (C=O) groups excluding carboxylic acids is 5. The number of esters is 1. The Hall–Kier alpha value is -5.38. The van der Waals surface area contributed by atoms with E-state index in [1.807, 2.05) is 45.0 Å². The fourth-order valence-electron chi connectivity index (χ4n) is 19.1. The molecule has 0 aromatic heterocycles. The van der Waals surface area contributed by atoms with Crippen molar-refractivity contribution in [1.29, 1.82) is 0 Å². The topological polar surface area (TPSA) is 218 Å². The van der Waals surface area contributed by atoms with E-state index in [9.17, 15) is 29.1 Å². The molecular formula is C102H149N2NaO16Si2. The van der Waals surface area contributed by atoms with E-state index in [1.54, 1.807) is 24.3 Å². The van der Waals surface area contributed by atoms with Crippen LogP contribution in [0, 0.1) is 40.9 Å². The molecule has 6 saturated heterocycles. The van der Waals surface area contributed by atoms with Crippen molar-refractivity contribution >= 4 is 46.2 Å². The van der Waals surface area contributed by atoms with Crippen LogP contribution in [0.1, 0.15) is 258 Å². The molecule has 4 aromatic rings. The Morgan fingerprint density at radius 1 is 0.472 bits per heavy atom. The fourth-order valence-corrected chi connectivity index (χ4v) is 21.8. The fraction of sp³-hybridized carbons (Fsp3) is 0.637. The molecule has 18 nitrogen and oxygen atoms in total. The molecule has 12 rings (SSSR count). The van der Waals surface area contributed by atoms with Crippen molar-refractivity contribution in [2.24, 2.45) is 40.9 Å². The first kappa shape index (κ1) is 101. The SMILES string of the molecule is C=C1C(C[C@@H]2OC(C[C@@H](CN3C(=O)c4ccccc4C3=O)O[Si](C)(C)C(C)(C)C)[C@H](C)C2CCc2ccccc2)OC(CC[C@@H]2O[C@@H](CCCO)CC2=C)C[C@H]1C.C=C1C(C[C@@H]2OC(C[C@@H](CN3C(=O)c4ccccc4C3=O)O[Si](C)(C)C(C)(C)C)[C@H](C)C2CCc2ccccc2)OC(CC[C@@H]2O[C@@H](CCCOC(=O)C(C)(C)C)CC2=C)C[C@H]1C.C[O-].[Na+]. The third-order valence-electron chi connectivity index (χ3n) is 28.7. The molecule has 8 heterocycles. The van der Waals surface area contributed by atoms with Crippen LogP contribution in [0.5, 0.6) is 0 Å². The second-order valence-corrected chi connectivity index (χ2v) is 50.2. The molecule has 6 fully saturated rings. The standard InChI is InChI=1S/C53H77NO8Si.C48H69NO7Si.CH3O.Na/c1-34-29-40(25-27-45-35(2)30-39(59-45)21-18-28-58-51(57)52(5,6)7)60-47(36(34)3)32-48-42(26-24-38-19-14-13-15-20-38)37(4)46(61-48)31-41(62-63(11,12)53(8,9)10)33-54-49(55)43-22-16-17-23-44(43)50(54)56;1-31-26-37(22-24-42-32(2)27-36(53-42)18-15-25-50)54-44(33(31)3)29-45-39(23-21-35-16-11-10-12-17-35)34(4)43(55-45)28-38(56-57(8,9)48(5,6)7)30-49-46(51)40-19-13-14-20-41(40)47(49)52;1-2;/h13-17,19-20,22-23,34,37,39-42,45-48H,2-3,18,21,24-33H2,1,4-12H3;10-14,16-17,19-20,31,34,36-39,42-45,50H,2-3,15,18,21-30H2,1,4-9H3;1H3;/q;;-1;+1/t34-,37-,39+,40?,41+,42?,45+,46?,47?,48+;31-,34-,36+,37?,38+,39?,42+,43?,44?,45+;;/m11../s1. The van der Waals surface area contributed by atoms with Gasteiger partial charge in [-0.3, -0.25) is 33.8 Å². The maximum atomic E-state index is 13.7. The predicted molar refractivity (Wildman–Crippen MR) is 487 cm³/mol. The van der Waals surface area contributed by atoms with E-state index in [0.29, 0.717) is 53.5 Å². The van der Waals surface area contributed by atoms with Crippen LogP contribution in [-0.4, -0.2) is 180 Å². The molecule has 8 aliphatic heterocycles. The first-order valence-corrected chi connectivity index (χ1v) is 51.7. The number of imide groups is 2. The zero-order chi connectivity index (χ0) is 88.9. The van der Waals surface area contributed by atoms with Crippen molar-refractivity contribution in [3.05, 3.63) is 191 Å². The Kier molecular flexibility index (Phi) is 36.9. The van der Waals surface area contributed by atoms with Gasteiger partial charge < -0.3 is 52.2 Å². The Bertz CT molecular complexity index is 4120. The molecule has 8 aliphatic rings. The molecule has 0 radical (unpaired) electrons. The minimum atomic E-state index is -2.32. The second-order valence-electron chi connectivity index (χ2n) is 40.7. The van der Waals surface area contributed by atoms with Gasteiger partial charge in [0.05, 0.1) is 133 Å². The van der Waals surface area contributed by atoms with Crippen molar-refractivity contribution in [2.75, 3.05) is 33.4 Å². The van der Waals surface area contributed by atoms with Crippen LogP contribution >= 0.6 is 0 Å². The average Bonchev–Trinajstić information content (AvgIpc) is 1.56. The smallest absolute Gasteiger partial charge is 0.857 e. The summed E-state index contributed by atoms with van der Waals surface area (Å²) in [5, 5.41) is 17.4. The number of hydrogen-bond acceptors (Lipinski definition) is 16. The predicted octanol–water partition coefficient (Wildman–Crippen LogP) is 17.0. The van der Waals surface area contributed by atoms with Crippen LogP contribution in [0.15, 0.2) is 158 Å². The largest absolute Gasteiger partial charge is 1.00 e. The van der Waals surface area contributed by atoms with Crippen LogP contribution in [0.2, 0.25) is 36.3 Å². The minimum Gasteiger partial charge on any atom is -0.857 e. The van der Waals surface area contributed by atoms with E-state index in [0.717, 1.165) is 145 Å². The van der Waals surface area contributed by atoms with Crippen LogP contribution in [0.25, 0.3) is 0 Å². The number of fused-ring (bicyclic) bond motifs is 2. The number of hydrogen-bond donors (Lipinski definition) is 1. The molecule has 1 N–H and O–H groups in total. The summed E-state index contributed by atoms with van der Waals surface area (Å²) in [6, 6.07) is 35.6. The number of ether oxygens (including phenoxy) is 7. The summed E-state index contributed by atoms with van der Waals surface area (Å²) in [4.78, 5) is 69.5. The number of aryl methyl sites for hydroxylation is 2. The van der Waals surface area contributed by atoms with Gasteiger partial charge in [0.25, 0.3) is 23.6 Å². The van der Waals surface area contributed by atoms with Gasteiger partial charge >= 0.3 is 35.5 Å². The summed E-state index contributed by atoms with van der Waals surface area (Å²) >= 11 is 0. The zero-order valence-corrected chi connectivity index (χ0v) is 82.2. The van der Waals surface area contributed by atoms with Gasteiger partial charge in [0.15, 0.2) is 16.6 Å². The molecule has 8 unspecified atom stereocenters. The first-order valence-electron chi connectivity index (χ1n) is 45.9. The maximum Gasteiger partial charge on any atom is 1.00 e. The Morgan fingerprint density at radius 3 is 1.15 bits per heavy atom. The summed E-state index contributed by atoms with van der Waals surface area (Å²) in [5.41, 5.74) is 8.53. The van der Waals surface area contributed by atoms with Gasteiger partial charge in [0.1, 0.15) is 0 Å². The molecule has 0 saturated carbocycles. The molecule has 123 heavy (non-hydrogen) atoms. The van der Waals surface area contributed by atoms with E-state index in [2.05, 4.69) is 182 Å². The molecular weight excluding hydrogens is 1590 g/mol. The normalized spacial score (nSPS) is 28.6. The van der Waals surface area contributed by atoms with Gasteiger partial charge in [-0.25, -0.2) is 0 Å². The van der Waals surface area contributed by atoms with Crippen molar-refractivity contribution in [2.45, 2.75) is 340 Å². The van der Waals surface area contributed by atoms with Gasteiger partial charge in [-0.1, -0.05) is 180 Å². The van der Waals surface area contributed by atoms with Gasteiger partial charge in [0.2, 0.25) is 0 Å². The molecule has 672 valence electrons. The first-order chi connectivity index (χ1) is 57.7. The van der Waals surface area contributed by atoms with Crippen molar-refractivity contribution < 1.29 is 106 Å². The molecule has 0 bridgehead atoms. The van der Waals surface area contributed by atoms with E-state index < -0.39 is 22.0 Å². The minimum absolute atomic E-state index is 0.